The first-order chi connectivity index (χ1) is 11.5. The van der Waals surface area contributed by atoms with Crippen LogP contribution in [-0.2, 0) is 11.4 Å². The predicted octanol–water partition coefficient (Wildman–Crippen LogP) is 4.75. The van der Waals surface area contributed by atoms with Gasteiger partial charge in [-0.2, -0.15) is 0 Å². The molecule has 0 N–H and O–H groups in total. The normalized spacial score (nSPS) is 16.1. The molecule has 0 radical (unpaired) electrons. The Bertz CT molecular complexity index is 821. The molecule has 1 aliphatic heterocycles. The Balaban J connectivity index is 1.86. The summed E-state index contributed by atoms with van der Waals surface area (Å²) in [6.07, 6.45) is 1.77. The predicted molar refractivity (Wildman–Crippen MR) is 103 cm³/mol. The third kappa shape index (κ3) is 3.80. The van der Waals surface area contributed by atoms with Gasteiger partial charge in [-0.3, -0.25) is 9.69 Å². The lowest BCUT2D eigenvalue weighted by atomic mass is 10.1. The van der Waals surface area contributed by atoms with Gasteiger partial charge in [-0.15, -0.1) is 0 Å². The van der Waals surface area contributed by atoms with Crippen LogP contribution in [0.4, 0.5) is 0 Å². The molecule has 0 spiro atoms. The lowest BCUT2D eigenvalue weighted by molar-refractivity contribution is -0.121. The average Bonchev–Trinajstić information content (AvgIpc) is 2.82. The zero-order valence-electron chi connectivity index (χ0n) is 12.9. The SMILES string of the molecule is CN1C(=O)/C(=C/c2cc(Cl)ccc2OCc2ccccc2)SC1=S. The standard InChI is InChI=1S/C18H14ClNO2S2/c1-20-17(21)16(24-18(20)23)10-13-9-14(19)7-8-15(13)22-11-12-5-3-2-4-6-12/h2-10H,11H2,1H3/b16-10-. The van der Waals surface area contributed by atoms with Crippen LogP contribution >= 0.6 is 35.6 Å². The molecule has 0 aliphatic carbocycles. The lowest BCUT2D eigenvalue weighted by Crippen LogP contribution is -2.22. The Kier molecular flexibility index (Phi) is 5.23. The first-order valence-corrected chi connectivity index (χ1v) is 8.83. The van der Waals surface area contributed by atoms with E-state index >= 15 is 0 Å². The van der Waals surface area contributed by atoms with Gasteiger partial charge in [0.2, 0.25) is 0 Å². The Hall–Kier alpha value is -1.82. The van der Waals surface area contributed by atoms with Crippen molar-refractivity contribution in [1.29, 1.82) is 0 Å². The molecule has 3 rings (SSSR count). The van der Waals surface area contributed by atoms with Crippen LogP contribution in [0.2, 0.25) is 5.02 Å². The van der Waals surface area contributed by atoms with Crippen LogP contribution in [0.25, 0.3) is 6.08 Å². The van der Waals surface area contributed by atoms with E-state index in [1.807, 2.05) is 36.4 Å². The summed E-state index contributed by atoms with van der Waals surface area (Å²) in [6, 6.07) is 15.2. The van der Waals surface area contributed by atoms with Gasteiger partial charge in [-0.05, 0) is 29.8 Å². The van der Waals surface area contributed by atoms with Crippen LogP contribution in [-0.4, -0.2) is 22.2 Å². The van der Waals surface area contributed by atoms with Gasteiger partial charge >= 0.3 is 0 Å². The molecule has 2 aromatic rings. The molecule has 24 heavy (non-hydrogen) atoms. The summed E-state index contributed by atoms with van der Waals surface area (Å²) >= 11 is 12.5. The van der Waals surface area contributed by atoms with Gasteiger partial charge in [-0.1, -0.05) is 65.9 Å². The van der Waals surface area contributed by atoms with Gasteiger partial charge in [0.05, 0.1) is 4.91 Å². The molecule has 2 aromatic carbocycles. The minimum absolute atomic E-state index is 0.112. The number of carbonyl (C=O) groups is 1. The number of amides is 1. The summed E-state index contributed by atoms with van der Waals surface area (Å²) in [4.78, 5) is 14.2. The molecule has 0 aromatic heterocycles. The molecule has 3 nitrogen and oxygen atoms in total. The highest BCUT2D eigenvalue weighted by atomic mass is 35.5. The van der Waals surface area contributed by atoms with Crippen LogP contribution in [0, 0.1) is 0 Å². The molecule has 122 valence electrons. The monoisotopic (exact) mass is 375 g/mol. The van der Waals surface area contributed by atoms with Crippen molar-refractivity contribution in [2.75, 3.05) is 7.05 Å². The maximum Gasteiger partial charge on any atom is 0.265 e. The average molecular weight is 376 g/mol. The van der Waals surface area contributed by atoms with Gasteiger partial charge in [0.25, 0.3) is 5.91 Å². The van der Waals surface area contributed by atoms with Crippen molar-refractivity contribution in [3.8, 4) is 5.75 Å². The highest BCUT2D eigenvalue weighted by Gasteiger charge is 2.28. The number of rotatable bonds is 4. The zero-order valence-corrected chi connectivity index (χ0v) is 15.3. The second-order valence-electron chi connectivity index (χ2n) is 5.20. The minimum atomic E-state index is -0.112. The highest BCUT2D eigenvalue weighted by Crippen LogP contribution is 2.34. The second-order valence-corrected chi connectivity index (χ2v) is 7.31. The van der Waals surface area contributed by atoms with Crippen molar-refractivity contribution in [2.24, 2.45) is 0 Å². The number of halogens is 1. The Morgan fingerprint density at radius 2 is 2.00 bits per heavy atom. The van der Waals surface area contributed by atoms with Crippen molar-refractivity contribution in [3.63, 3.8) is 0 Å². The fourth-order valence-corrected chi connectivity index (χ4v) is 3.54. The number of carbonyl (C=O) groups excluding carboxylic acids is 1. The van der Waals surface area contributed by atoms with E-state index in [1.165, 1.54) is 16.7 Å². The molecule has 1 saturated heterocycles. The number of hydrogen-bond donors (Lipinski definition) is 0. The fourth-order valence-electron chi connectivity index (χ4n) is 2.19. The van der Waals surface area contributed by atoms with Crippen molar-refractivity contribution in [3.05, 3.63) is 69.6 Å². The molecule has 0 saturated carbocycles. The van der Waals surface area contributed by atoms with E-state index in [4.69, 9.17) is 28.6 Å². The molecule has 6 heteroatoms. The molecule has 1 amide bonds. The summed E-state index contributed by atoms with van der Waals surface area (Å²) in [5.41, 5.74) is 1.82. The molecule has 1 fully saturated rings. The van der Waals surface area contributed by atoms with Gasteiger partial charge in [0.15, 0.2) is 0 Å². The van der Waals surface area contributed by atoms with E-state index < -0.39 is 0 Å². The summed E-state index contributed by atoms with van der Waals surface area (Å²) in [5.74, 6) is 0.559. The van der Waals surface area contributed by atoms with E-state index in [0.29, 0.717) is 26.6 Å². The van der Waals surface area contributed by atoms with E-state index in [0.717, 1.165) is 11.1 Å². The zero-order chi connectivity index (χ0) is 17.1. The number of hydrogen-bond acceptors (Lipinski definition) is 4. The Labute approximate surface area is 155 Å². The third-order valence-corrected chi connectivity index (χ3v) is 5.20. The highest BCUT2D eigenvalue weighted by molar-refractivity contribution is 8.26. The van der Waals surface area contributed by atoms with Crippen molar-refractivity contribution < 1.29 is 9.53 Å². The summed E-state index contributed by atoms with van der Waals surface area (Å²) < 4.78 is 6.45. The van der Waals surface area contributed by atoms with Crippen LogP contribution < -0.4 is 4.74 Å². The minimum Gasteiger partial charge on any atom is -0.488 e. The first kappa shape index (κ1) is 17.0. The second kappa shape index (κ2) is 7.38. The van der Waals surface area contributed by atoms with Gasteiger partial charge in [-0.25, -0.2) is 0 Å². The van der Waals surface area contributed by atoms with E-state index in [1.54, 1.807) is 25.3 Å². The quantitative estimate of drug-likeness (QED) is 0.569. The van der Waals surface area contributed by atoms with E-state index in [-0.39, 0.29) is 5.91 Å². The molecule has 0 atom stereocenters. The Morgan fingerprint density at radius 3 is 2.67 bits per heavy atom. The number of ether oxygens (including phenoxy) is 1. The molecular formula is C18H14ClNO2S2. The number of nitrogens with zero attached hydrogens (tertiary/aromatic N) is 1. The van der Waals surface area contributed by atoms with Gasteiger partial charge < -0.3 is 4.74 Å². The molecule has 0 unspecified atom stereocenters. The summed E-state index contributed by atoms with van der Waals surface area (Å²) in [7, 11) is 1.67. The van der Waals surface area contributed by atoms with E-state index in [9.17, 15) is 4.79 Å². The summed E-state index contributed by atoms with van der Waals surface area (Å²) in [5, 5.41) is 0.584. The smallest absolute Gasteiger partial charge is 0.265 e. The van der Waals surface area contributed by atoms with Crippen molar-refractivity contribution in [1.82, 2.24) is 4.90 Å². The lowest BCUT2D eigenvalue weighted by Gasteiger charge is -2.10. The number of thioether (sulfide) groups is 1. The van der Waals surface area contributed by atoms with Crippen LogP contribution in [0.1, 0.15) is 11.1 Å². The maximum atomic E-state index is 12.2. The van der Waals surface area contributed by atoms with Gasteiger partial charge in [0, 0.05) is 17.6 Å². The van der Waals surface area contributed by atoms with Gasteiger partial charge in [0.1, 0.15) is 16.7 Å². The number of likely N-dealkylation sites (N-methyl/N-ethyl adjacent to an activating group) is 1. The molecule has 1 aliphatic rings. The van der Waals surface area contributed by atoms with Crippen LogP contribution in [0.15, 0.2) is 53.4 Å². The maximum absolute atomic E-state index is 12.2. The molecular weight excluding hydrogens is 362 g/mol. The first-order valence-electron chi connectivity index (χ1n) is 7.22. The van der Waals surface area contributed by atoms with Crippen molar-refractivity contribution >= 4 is 51.9 Å². The van der Waals surface area contributed by atoms with Crippen LogP contribution in [0.3, 0.4) is 0 Å². The fraction of sp³-hybridized carbons (Fsp3) is 0.111. The molecule has 1 heterocycles. The third-order valence-electron chi connectivity index (χ3n) is 3.48. The largest absolute Gasteiger partial charge is 0.488 e. The Morgan fingerprint density at radius 1 is 1.25 bits per heavy atom. The summed E-state index contributed by atoms with van der Waals surface area (Å²) in [6.45, 7) is 0.443. The number of thiocarbonyl (C=S) groups is 1. The molecule has 0 bridgehead atoms. The number of benzene rings is 2. The van der Waals surface area contributed by atoms with Crippen LogP contribution in [0.5, 0.6) is 5.75 Å². The topological polar surface area (TPSA) is 29.5 Å². The van der Waals surface area contributed by atoms with Crippen molar-refractivity contribution in [2.45, 2.75) is 6.61 Å². The van der Waals surface area contributed by atoms with E-state index in [2.05, 4.69) is 0 Å².